The number of aryl methyl sites for hydroxylation is 4. The molecule has 2 N–H and O–H groups in total. The number of hydrogen-bond donors (Lipinski definition) is 2. The summed E-state index contributed by atoms with van der Waals surface area (Å²) in [5.41, 5.74) is 5.37. The van der Waals surface area contributed by atoms with Gasteiger partial charge in [-0.2, -0.15) is 0 Å². The van der Waals surface area contributed by atoms with E-state index in [-0.39, 0.29) is 0 Å². The quantitative estimate of drug-likeness (QED) is 0.830. The van der Waals surface area contributed by atoms with Crippen LogP contribution in [0.1, 0.15) is 34.7 Å². The van der Waals surface area contributed by atoms with E-state index in [1.807, 2.05) is 12.1 Å². The SMILES string of the molecule is CCc1c2ccc(c1O)CCc1ccc(c(O)c1)CC2. The van der Waals surface area contributed by atoms with E-state index in [2.05, 4.69) is 25.1 Å². The van der Waals surface area contributed by atoms with E-state index >= 15 is 0 Å². The molecule has 4 aliphatic carbocycles. The Morgan fingerprint density at radius 2 is 1.50 bits per heavy atom. The Kier molecular flexibility index (Phi) is 3.39. The van der Waals surface area contributed by atoms with Gasteiger partial charge in [0.1, 0.15) is 11.5 Å². The van der Waals surface area contributed by atoms with E-state index in [1.165, 1.54) is 5.56 Å². The number of rotatable bonds is 1. The number of phenolic OH excluding ortho intramolecular Hbond substituents is 2. The molecule has 2 heteroatoms. The molecule has 0 fully saturated rings. The zero-order chi connectivity index (χ0) is 14.1. The van der Waals surface area contributed by atoms with E-state index in [9.17, 15) is 10.2 Å². The van der Waals surface area contributed by atoms with Crippen molar-refractivity contribution in [3.05, 3.63) is 58.1 Å². The molecular weight excluding hydrogens is 248 g/mol. The minimum absolute atomic E-state index is 0.403. The number of hydrogen-bond acceptors (Lipinski definition) is 2. The summed E-state index contributed by atoms with van der Waals surface area (Å²) in [5, 5.41) is 20.5. The second-order valence-corrected chi connectivity index (χ2v) is 5.53. The first-order valence-corrected chi connectivity index (χ1v) is 7.32. The highest BCUT2D eigenvalue weighted by atomic mass is 16.3. The molecule has 2 aromatic carbocycles. The Labute approximate surface area is 119 Å². The number of benzene rings is 2. The zero-order valence-electron chi connectivity index (χ0n) is 11.8. The third-order valence-corrected chi connectivity index (χ3v) is 4.31. The molecule has 20 heavy (non-hydrogen) atoms. The van der Waals surface area contributed by atoms with E-state index < -0.39 is 0 Å². The fourth-order valence-electron chi connectivity index (χ4n) is 3.08. The van der Waals surface area contributed by atoms with Crippen LogP contribution in [0, 0.1) is 0 Å². The van der Waals surface area contributed by atoms with Crippen molar-refractivity contribution in [3.63, 3.8) is 0 Å². The molecular formula is C18H20O2. The van der Waals surface area contributed by atoms with Crippen LogP contribution in [0.25, 0.3) is 0 Å². The topological polar surface area (TPSA) is 40.5 Å². The molecule has 0 radical (unpaired) electrons. The summed E-state index contributed by atoms with van der Waals surface area (Å²) in [7, 11) is 0. The van der Waals surface area contributed by atoms with Crippen LogP contribution in [-0.4, -0.2) is 10.2 Å². The van der Waals surface area contributed by atoms with Gasteiger partial charge in [0.15, 0.2) is 0 Å². The molecule has 0 aliphatic heterocycles. The van der Waals surface area contributed by atoms with Gasteiger partial charge in [-0.3, -0.25) is 0 Å². The molecule has 2 nitrogen and oxygen atoms in total. The lowest BCUT2D eigenvalue weighted by molar-refractivity contribution is 0.458. The van der Waals surface area contributed by atoms with Crippen LogP contribution in [0.3, 0.4) is 0 Å². The minimum atomic E-state index is 0.403. The van der Waals surface area contributed by atoms with Gasteiger partial charge >= 0.3 is 0 Å². The van der Waals surface area contributed by atoms with E-state index in [1.54, 1.807) is 0 Å². The van der Waals surface area contributed by atoms with Crippen LogP contribution < -0.4 is 0 Å². The maximum atomic E-state index is 10.4. The molecule has 0 saturated heterocycles. The van der Waals surface area contributed by atoms with Crippen molar-refractivity contribution in [3.8, 4) is 11.5 Å². The zero-order valence-corrected chi connectivity index (χ0v) is 11.8. The lowest BCUT2D eigenvalue weighted by atomic mass is 9.91. The molecule has 4 bridgehead atoms. The van der Waals surface area contributed by atoms with Gasteiger partial charge in [-0.15, -0.1) is 0 Å². The minimum Gasteiger partial charge on any atom is -0.508 e. The maximum Gasteiger partial charge on any atom is 0.122 e. The molecule has 0 aromatic heterocycles. The number of phenols is 2. The third kappa shape index (κ3) is 2.26. The first kappa shape index (κ1) is 13.0. The van der Waals surface area contributed by atoms with Gasteiger partial charge in [0.2, 0.25) is 0 Å². The molecule has 2 aromatic rings. The Hall–Kier alpha value is -1.96. The normalized spacial score (nSPS) is 14.1. The van der Waals surface area contributed by atoms with Crippen LogP contribution in [0.5, 0.6) is 11.5 Å². The highest BCUT2D eigenvalue weighted by Gasteiger charge is 2.14. The predicted octanol–water partition coefficient (Wildman–Crippen LogP) is 3.54. The van der Waals surface area contributed by atoms with Crippen LogP contribution in [-0.2, 0) is 32.1 Å². The summed E-state index contributed by atoms with van der Waals surface area (Å²) in [5.74, 6) is 0.879. The molecule has 6 rings (SSSR count). The molecule has 0 atom stereocenters. The van der Waals surface area contributed by atoms with E-state index in [0.717, 1.165) is 54.4 Å². The summed E-state index contributed by atoms with van der Waals surface area (Å²) < 4.78 is 0. The summed E-state index contributed by atoms with van der Waals surface area (Å²) in [4.78, 5) is 0. The van der Waals surface area contributed by atoms with Gasteiger partial charge in [-0.1, -0.05) is 31.2 Å². The molecule has 104 valence electrons. The molecule has 0 spiro atoms. The molecule has 4 aliphatic rings. The predicted molar refractivity (Wildman–Crippen MR) is 80.4 cm³/mol. The average Bonchev–Trinajstić information content (AvgIpc) is 2.43. The van der Waals surface area contributed by atoms with Crippen molar-refractivity contribution >= 4 is 0 Å². The summed E-state index contributed by atoms with van der Waals surface area (Å²) in [6.07, 6.45) is 4.14. The van der Waals surface area contributed by atoms with Gasteiger partial charge in [-0.25, -0.2) is 0 Å². The Balaban J connectivity index is 2.08. The Bertz CT molecular complexity index is 644. The van der Waals surface area contributed by atoms with Crippen molar-refractivity contribution in [2.75, 3.05) is 0 Å². The second kappa shape index (κ2) is 5.20. The summed E-state index contributed by atoms with van der Waals surface area (Å²) in [6, 6.07) is 10.2. The van der Waals surface area contributed by atoms with Crippen molar-refractivity contribution in [1.82, 2.24) is 0 Å². The molecule has 0 heterocycles. The smallest absolute Gasteiger partial charge is 0.122 e. The first-order valence-electron chi connectivity index (χ1n) is 7.32. The monoisotopic (exact) mass is 268 g/mol. The van der Waals surface area contributed by atoms with Crippen molar-refractivity contribution in [2.24, 2.45) is 0 Å². The van der Waals surface area contributed by atoms with Crippen LogP contribution in [0.4, 0.5) is 0 Å². The Morgan fingerprint density at radius 3 is 2.25 bits per heavy atom. The van der Waals surface area contributed by atoms with E-state index in [0.29, 0.717) is 11.5 Å². The second-order valence-electron chi connectivity index (χ2n) is 5.53. The maximum absolute atomic E-state index is 10.4. The molecule has 0 unspecified atom stereocenters. The number of aromatic hydroxyl groups is 2. The summed E-state index contributed by atoms with van der Waals surface area (Å²) >= 11 is 0. The fourth-order valence-corrected chi connectivity index (χ4v) is 3.08. The summed E-state index contributed by atoms with van der Waals surface area (Å²) in [6.45, 7) is 2.08. The highest BCUT2D eigenvalue weighted by molar-refractivity contribution is 5.47. The van der Waals surface area contributed by atoms with Crippen molar-refractivity contribution in [1.29, 1.82) is 0 Å². The largest absolute Gasteiger partial charge is 0.508 e. The fraction of sp³-hybridized carbons (Fsp3) is 0.333. The van der Waals surface area contributed by atoms with Gasteiger partial charge in [0.25, 0.3) is 0 Å². The highest BCUT2D eigenvalue weighted by Crippen LogP contribution is 2.31. The molecule has 0 amide bonds. The van der Waals surface area contributed by atoms with Crippen LogP contribution >= 0.6 is 0 Å². The van der Waals surface area contributed by atoms with E-state index in [4.69, 9.17) is 0 Å². The van der Waals surface area contributed by atoms with Gasteiger partial charge in [0, 0.05) is 0 Å². The van der Waals surface area contributed by atoms with Gasteiger partial charge < -0.3 is 10.2 Å². The third-order valence-electron chi connectivity index (χ3n) is 4.31. The lowest BCUT2D eigenvalue weighted by Crippen LogP contribution is -2.03. The van der Waals surface area contributed by atoms with Crippen LogP contribution in [0.2, 0.25) is 0 Å². The van der Waals surface area contributed by atoms with Crippen molar-refractivity contribution < 1.29 is 10.2 Å². The molecule has 0 saturated carbocycles. The first-order chi connectivity index (χ1) is 9.69. The lowest BCUT2D eigenvalue weighted by Gasteiger charge is -2.16. The van der Waals surface area contributed by atoms with Crippen molar-refractivity contribution in [2.45, 2.75) is 39.0 Å². The van der Waals surface area contributed by atoms with Gasteiger partial charge in [-0.05, 0) is 66.0 Å². The van der Waals surface area contributed by atoms with Crippen LogP contribution in [0.15, 0.2) is 30.3 Å². The standard InChI is InChI=1S/C18H20O2/c1-2-16-13-7-9-14-5-3-12(11-17(14)19)4-6-15(10-8-13)18(16)20/h3,5,8,10-11,19-20H,2,4,6-7,9H2,1H3. The Morgan fingerprint density at radius 1 is 0.850 bits per heavy atom. The van der Waals surface area contributed by atoms with Gasteiger partial charge in [0.05, 0.1) is 0 Å². The average molecular weight is 268 g/mol.